The second kappa shape index (κ2) is 3.60. The fourth-order valence-electron chi connectivity index (χ4n) is 2.42. The molecule has 3 nitrogen and oxygen atoms in total. The summed E-state index contributed by atoms with van der Waals surface area (Å²) < 4.78 is 7.37. The lowest BCUT2D eigenvalue weighted by molar-refractivity contribution is 0.100. The number of benzene rings is 1. The summed E-state index contributed by atoms with van der Waals surface area (Å²) >= 11 is 3.40. The minimum absolute atomic E-state index is 0.0793. The van der Waals surface area contributed by atoms with E-state index in [4.69, 9.17) is 4.74 Å². The highest BCUT2D eigenvalue weighted by molar-refractivity contribution is 9.10. The molecule has 4 heteroatoms. The lowest BCUT2D eigenvalue weighted by Crippen LogP contribution is -2.06. The van der Waals surface area contributed by atoms with E-state index in [1.807, 2.05) is 19.1 Å². The van der Waals surface area contributed by atoms with E-state index in [1.165, 1.54) is 0 Å². The lowest BCUT2D eigenvalue weighted by Gasteiger charge is -2.06. The molecule has 0 radical (unpaired) electrons. The van der Waals surface area contributed by atoms with Crippen molar-refractivity contribution in [2.45, 2.75) is 18.3 Å². The zero-order valence-corrected chi connectivity index (χ0v) is 11.2. The Kier molecular flexibility index (Phi) is 2.30. The van der Waals surface area contributed by atoms with Gasteiger partial charge in [-0.15, -0.1) is 0 Å². The summed E-state index contributed by atoms with van der Waals surface area (Å²) in [4.78, 5) is 11.8. The molecule has 1 aliphatic rings. The molecule has 0 saturated heterocycles. The SMILES string of the molecule is COc1cc2cc3n(c2cc1C)C[C@H](Br)C3=O. The molecule has 0 fully saturated rings. The second-order valence-electron chi connectivity index (χ2n) is 4.35. The largest absolute Gasteiger partial charge is 0.496 e. The molecule has 17 heavy (non-hydrogen) atoms. The van der Waals surface area contributed by atoms with Crippen LogP contribution in [-0.2, 0) is 6.54 Å². The van der Waals surface area contributed by atoms with E-state index in [9.17, 15) is 4.79 Å². The van der Waals surface area contributed by atoms with Gasteiger partial charge in [0.2, 0.25) is 0 Å². The second-order valence-corrected chi connectivity index (χ2v) is 5.46. The van der Waals surface area contributed by atoms with Crippen LogP contribution in [0.4, 0.5) is 0 Å². The van der Waals surface area contributed by atoms with Crippen molar-refractivity contribution in [3.8, 4) is 5.75 Å². The zero-order chi connectivity index (χ0) is 12.2. The molecular formula is C13H12BrNO2. The summed E-state index contributed by atoms with van der Waals surface area (Å²) in [5.74, 6) is 1.03. The molecule has 1 aromatic carbocycles. The highest BCUT2D eigenvalue weighted by Crippen LogP contribution is 2.32. The Bertz CT molecular complexity index is 630. The standard InChI is InChI=1S/C13H12BrNO2/c1-7-3-10-8(5-12(7)17-2)4-11-13(16)9(14)6-15(10)11/h3-5,9H,6H2,1-2H3/t9-/m0/s1. The number of hydrogen-bond acceptors (Lipinski definition) is 2. The molecule has 0 unspecified atom stereocenters. The van der Waals surface area contributed by atoms with Crippen molar-refractivity contribution >= 4 is 32.6 Å². The first-order chi connectivity index (χ1) is 8.11. The van der Waals surface area contributed by atoms with Crippen molar-refractivity contribution in [3.05, 3.63) is 29.5 Å². The molecule has 0 bridgehead atoms. The summed E-state index contributed by atoms with van der Waals surface area (Å²) in [6.45, 7) is 2.73. The quantitative estimate of drug-likeness (QED) is 0.757. The van der Waals surface area contributed by atoms with Crippen LogP contribution >= 0.6 is 15.9 Å². The highest BCUT2D eigenvalue weighted by atomic mass is 79.9. The van der Waals surface area contributed by atoms with E-state index in [2.05, 4.69) is 26.6 Å². The number of alkyl halides is 1. The third-order valence-corrected chi connectivity index (χ3v) is 4.00. The maximum absolute atomic E-state index is 11.9. The van der Waals surface area contributed by atoms with Gasteiger partial charge in [0, 0.05) is 17.4 Å². The highest BCUT2D eigenvalue weighted by Gasteiger charge is 2.30. The number of aromatic nitrogens is 1. The number of carbonyl (C=O) groups excluding carboxylic acids is 1. The van der Waals surface area contributed by atoms with Gasteiger partial charge < -0.3 is 9.30 Å². The predicted molar refractivity (Wildman–Crippen MR) is 70.3 cm³/mol. The average molecular weight is 294 g/mol. The van der Waals surface area contributed by atoms with Gasteiger partial charge in [-0.25, -0.2) is 0 Å². The Morgan fingerprint density at radius 2 is 2.18 bits per heavy atom. The number of halogens is 1. The number of fused-ring (bicyclic) bond motifs is 3. The third-order valence-electron chi connectivity index (χ3n) is 3.30. The molecule has 3 rings (SSSR count). The lowest BCUT2D eigenvalue weighted by atomic mass is 10.1. The predicted octanol–water partition coefficient (Wildman–Crippen LogP) is 2.92. The summed E-state index contributed by atoms with van der Waals surface area (Å²) in [7, 11) is 1.66. The fraction of sp³-hybridized carbons (Fsp3) is 0.308. The molecular weight excluding hydrogens is 282 g/mol. The summed E-state index contributed by atoms with van der Waals surface area (Å²) in [6, 6.07) is 6.02. The molecule has 88 valence electrons. The van der Waals surface area contributed by atoms with Gasteiger partial charge in [0.1, 0.15) is 5.75 Å². The van der Waals surface area contributed by atoms with E-state index in [-0.39, 0.29) is 10.6 Å². The third kappa shape index (κ3) is 1.43. The number of Topliss-reactive ketones (excluding diaryl/α,β-unsaturated/α-hetero) is 1. The van der Waals surface area contributed by atoms with Crippen LogP contribution in [0.15, 0.2) is 18.2 Å². The number of methoxy groups -OCH3 is 1. The molecule has 0 aliphatic carbocycles. The smallest absolute Gasteiger partial charge is 0.194 e. The number of ether oxygens (including phenoxy) is 1. The Balaban J connectivity index is 2.29. The molecule has 1 atom stereocenters. The first-order valence-corrected chi connectivity index (χ1v) is 6.39. The monoisotopic (exact) mass is 293 g/mol. The van der Waals surface area contributed by atoms with Gasteiger partial charge in [-0.05, 0) is 30.7 Å². The van der Waals surface area contributed by atoms with Crippen molar-refractivity contribution < 1.29 is 9.53 Å². The van der Waals surface area contributed by atoms with E-state index in [0.717, 1.165) is 27.9 Å². The van der Waals surface area contributed by atoms with E-state index in [1.54, 1.807) is 7.11 Å². The number of hydrogen-bond donors (Lipinski definition) is 0. The van der Waals surface area contributed by atoms with Crippen molar-refractivity contribution in [2.75, 3.05) is 7.11 Å². The Hall–Kier alpha value is -1.29. The Labute approximate surface area is 107 Å². The van der Waals surface area contributed by atoms with Gasteiger partial charge in [0.05, 0.1) is 17.6 Å². The van der Waals surface area contributed by atoms with Crippen LogP contribution in [0.5, 0.6) is 5.75 Å². The molecule has 1 aromatic heterocycles. The molecule has 0 saturated carbocycles. The minimum atomic E-state index is -0.0793. The van der Waals surface area contributed by atoms with E-state index in [0.29, 0.717) is 6.54 Å². The molecule has 2 aromatic rings. The first kappa shape index (κ1) is 10.8. The van der Waals surface area contributed by atoms with Gasteiger partial charge in [0.15, 0.2) is 5.78 Å². The summed E-state index contributed by atoms with van der Waals surface area (Å²) in [5, 5.41) is 1.07. The van der Waals surface area contributed by atoms with Crippen molar-refractivity contribution in [1.29, 1.82) is 0 Å². The van der Waals surface area contributed by atoms with Crippen LogP contribution < -0.4 is 4.74 Å². The Morgan fingerprint density at radius 1 is 1.41 bits per heavy atom. The summed E-state index contributed by atoms with van der Waals surface area (Å²) in [5.41, 5.74) is 2.98. The molecule has 2 heterocycles. The van der Waals surface area contributed by atoms with Gasteiger partial charge in [-0.2, -0.15) is 0 Å². The van der Waals surface area contributed by atoms with Gasteiger partial charge in [0.25, 0.3) is 0 Å². The van der Waals surface area contributed by atoms with Crippen LogP contribution in [0.1, 0.15) is 16.1 Å². The number of rotatable bonds is 1. The fourth-order valence-corrected chi connectivity index (χ4v) is 2.94. The molecule has 0 spiro atoms. The van der Waals surface area contributed by atoms with Gasteiger partial charge >= 0.3 is 0 Å². The van der Waals surface area contributed by atoms with Gasteiger partial charge in [-0.3, -0.25) is 4.79 Å². The number of carbonyl (C=O) groups is 1. The van der Waals surface area contributed by atoms with E-state index >= 15 is 0 Å². The van der Waals surface area contributed by atoms with Gasteiger partial charge in [-0.1, -0.05) is 15.9 Å². The molecule has 0 amide bonds. The maximum Gasteiger partial charge on any atom is 0.194 e. The number of aryl methyl sites for hydroxylation is 1. The van der Waals surface area contributed by atoms with Crippen molar-refractivity contribution in [3.63, 3.8) is 0 Å². The molecule has 1 aliphatic heterocycles. The number of ketones is 1. The summed E-state index contributed by atoms with van der Waals surface area (Å²) in [6.07, 6.45) is 0. The van der Waals surface area contributed by atoms with Crippen LogP contribution in [0.25, 0.3) is 10.9 Å². The van der Waals surface area contributed by atoms with Crippen LogP contribution in [0.2, 0.25) is 0 Å². The average Bonchev–Trinajstić information content (AvgIpc) is 2.77. The molecule has 0 N–H and O–H groups in total. The van der Waals surface area contributed by atoms with E-state index < -0.39 is 0 Å². The normalized spacial score (nSPS) is 18.8. The first-order valence-electron chi connectivity index (χ1n) is 5.48. The van der Waals surface area contributed by atoms with Crippen molar-refractivity contribution in [1.82, 2.24) is 4.57 Å². The topological polar surface area (TPSA) is 31.2 Å². The van der Waals surface area contributed by atoms with Crippen molar-refractivity contribution in [2.24, 2.45) is 0 Å². The number of nitrogens with zero attached hydrogens (tertiary/aromatic N) is 1. The zero-order valence-electron chi connectivity index (χ0n) is 9.66. The van der Waals surface area contributed by atoms with Crippen LogP contribution in [0.3, 0.4) is 0 Å². The van der Waals surface area contributed by atoms with Crippen LogP contribution in [-0.4, -0.2) is 22.3 Å². The van der Waals surface area contributed by atoms with Crippen LogP contribution in [0, 0.1) is 6.92 Å². The Morgan fingerprint density at radius 3 is 2.88 bits per heavy atom. The minimum Gasteiger partial charge on any atom is -0.496 e. The maximum atomic E-state index is 11.9.